The third-order valence-corrected chi connectivity index (χ3v) is 2.33. The number of aromatic carboxylic acids is 1. The number of benzene rings is 1. The Balaban J connectivity index is 2.50. The molecule has 1 aromatic carbocycles. The lowest BCUT2D eigenvalue weighted by atomic mass is 10.1. The first-order valence-corrected chi connectivity index (χ1v) is 4.98. The summed E-state index contributed by atoms with van der Waals surface area (Å²) in [5.74, 6) is -3.04. The molecule has 2 rings (SSSR count). The third-order valence-electron chi connectivity index (χ3n) is 2.33. The summed E-state index contributed by atoms with van der Waals surface area (Å²) in [6, 6.07) is 4.12. The van der Waals surface area contributed by atoms with Crippen LogP contribution in [0.4, 0.5) is 17.6 Å². The van der Waals surface area contributed by atoms with Crippen LogP contribution in [0.2, 0.25) is 0 Å². The van der Waals surface area contributed by atoms with Gasteiger partial charge in [0.2, 0.25) is 5.76 Å². The zero-order valence-corrected chi connectivity index (χ0v) is 9.16. The van der Waals surface area contributed by atoms with Gasteiger partial charge < -0.3 is 9.52 Å². The van der Waals surface area contributed by atoms with Crippen LogP contribution in [0.5, 0.6) is 0 Å². The van der Waals surface area contributed by atoms with E-state index < -0.39 is 29.3 Å². The Labute approximate surface area is 104 Å². The van der Waals surface area contributed by atoms with E-state index in [0.29, 0.717) is 12.1 Å². The normalized spacial score (nSPS) is 11.6. The number of hydrogen-bond acceptors (Lipinski definition) is 2. The summed E-state index contributed by atoms with van der Waals surface area (Å²) >= 11 is 0. The van der Waals surface area contributed by atoms with Gasteiger partial charge in [-0.3, -0.25) is 0 Å². The predicted molar refractivity (Wildman–Crippen MR) is 56.1 cm³/mol. The zero-order valence-electron chi connectivity index (χ0n) is 9.16. The quantitative estimate of drug-likeness (QED) is 0.847. The van der Waals surface area contributed by atoms with Crippen molar-refractivity contribution in [2.75, 3.05) is 0 Å². The van der Waals surface area contributed by atoms with Crippen LogP contribution in [0.15, 0.2) is 34.7 Å². The molecule has 0 unspecified atom stereocenters. The highest BCUT2D eigenvalue weighted by molar-refractivity contribution is 5.85. The molecule has 0 aliphatic rings. The van der Waals surface area contributed by atoms with E-state index in [1.54, 1.807) is 0 Å². The fourth-order valence-electron chi connectivity index (χ4n) is 1.50. The number of carbonyl (C=O) groups is 1. The summed E-state index contributed by atoms with van der Waals surface area (Å²) in [7, 11) is 0. The molecule has 0 radical (unpaired) electrons. The van der Waals surface area contributed by atoms with Gasteiger partial charge in [-0.1, -0.05) is 0 Å². The fraction of sp³-hybridized carbons (Fsp3) is 0.0833. The number of carboxylic acid groups (broad SMARTS) is 1. The van der Waals surface area contributed by atoms with Gasteiger partial charge in [-0.2, -0.15) is 13.2 Å². The molecule has 0 saturated carbocycles. The zero-order chi connectivity index (χ0) is 14.2. The van der Waals surface area contributed by atoms with Gasteiger partial charge in [0.05, 0.1) is 5.56 Å². The molecule has 3 nitrogen and oxygen atoms in total. The molecule has 0 aliphatic carbocycles. The van der Waals surface area contributed by atoms with Gasteiger partial charge in [-0.05, 0) is 30.3 Å². The second-order valence-corrected chi connectivity index (χ2v) is 3.70. The molecule has 0 bridgehead atoms. The predicted octanol–water partition coefficient (Wildman–Crippen LogP) is 3.80. The van der Waals surface area contributed by atoms with Crippen LogP contribution in [0.25, 0.3) is 11.3 Å². The van der Waals surface area contributed by atoms with E-state index in [4.69, 9.17) is 9.52 Å². The first-order valence-electron chi connectivity index (χ1n) is 4.98. The molecule has 1 aromatic heterocycles. The molecular weight excluding hydrogens is 268 g/mol. The van der Waals surface area contributed by atoms with Gasteiger partial charge in [-0.25, -0.2) is 9.18 Å². The summed E-state index contributed by atoms with van der Waals surface area (Å²) in [4.78, 5) is 10.6. The molecule has 0 aliphatic heterocycles. The fourth-order valence-corrected chi connectivity index (χ4v) is 1.50. The lowest BCUT2D eigenvalue weighted by Crippen LogP contribution is -2.05. The van der Waals surface area contributed by atoms with E-state index in [2.05, 4.69) is 0 Å². The molecule has 0 amide bonds. The van der Waals surface area contributed by atoms with Crippen LogP contribution < -0.4 is 0 Å². The average Bonchev–Trinajstić information content (AvgIpc) is 2.76. The largest absolute Gasteiger partial charge is 0.475 e. The van der Waals surface area contributed by atoms with Crippen LogP contribution in [-0.4, -0.2) is 11.1 Å². The van der Waals surface area contributed by atoms with E-state index >= 15 is 0 Å². The van der Waals surface area contributed by atoms with Crippen molar-refractivity contribution < 1.29 is 31.9 Å². The molecule has 2 aromatic rings. The van der Waals surface area contributed by atoms with Gasteiger partial charge in [-0.15, -0.1) is 0 Å². The maximum atomic E-state index is 13.2. The third kappa shape index (κ3) is 2.75. The van der Waals surface area contributed by atoms with E-state index in [9.17, 15) is 22.4 Å². The second-order valence-electron chi connectivity index (χ2n) is 3.70. The van der Waals surface area contributed by atoms with Crippen molar-refractivity contribution in [1.82, 2.24) is 0 Å². The van der Waals surface area contributed by atoms with Crippen LogP contribution >= 0.6 is 0 Å². The van der Waals surface area contributed by atoms with Gasteiger partial charge >= 0.3 is 12.1 Å². The minimum atomic E-state index is -4.70. The number of alkyl halides is 3. The Bertz CT molecular complexity index is 628. The molecule has 7 heteroatoms. The standard InChI is InChI=1S/C12H6F4O3/c13-8-4-6(3-7(5-8)12(14,15)16)9-1-2-10(19-9)11(17)18/h1-5H,(H,17,18). The smallest absolute Gasteiger partial charge is 0.416 e. The topological polar surface area (TPSA) is 50.4 Å². The first kappa shape index (κ1) is 13.1. The summed E-state index contributed by atoms with van der Waals surface area (Å²) in [6.45, 7) is 0. The molecule has 0 saturated heterocycles. The van der Waals surface area contributed by atoms with Crippen molar-refractivity contribution in [2.45, 2.75) is 6.18 Å². The highest BCUT2D eigenvalue weighted by Gasteiger charge is 2.31. The van der Waals surface area contributed by atoms with Crippen molar-refractivity contribution in [3.8, 4) is 11.3 Å². The summed E-state index contributed by atoms with van der Waals surface area (Å²) in [6.07, 6.45) is -4.70. The lowest BCUT2D eigenvalue weighted by Gasteiger charge is -2.08. The Hall–Kier alpha value is -2.31. The van der Waals surface area contributed by atoms with Crippen LogP contribution in [0.3, 0.4) is 0 Å². The molecule has 0 atom stereocenters. The summed E-state index contributed by atoms with van der Waals surface area (Å²) in [5, 5.41) is 8.64. The maximum Gasteiger partial charge on any atom is 0.416 e. The van der Waals surface area contributed by atoms with Gasteiger partial charge in [0.15, 0.2) is 0 Å². The minimum Gasteiger partial charge on any atom is -0.475 e. The number of hydrogen-bond donors (Lipinski definition) is 1. The van der Waals surface area contributed by atoms with Gasteiger partial charge in [0.1, 0.15) is 11.6 Å². The number of halogens is 4. The molecule has 1 heterocycles. The summed E-state index contributed by atoms with van der Waals surface area (Å²) in [5.41, 5.74) is -1.35. The van der Waals surface area contributed by atoms with Crippen molar-refractivity contribution in [1.29, 1.82) is 0 Å². The number of carboxylic acids is 1. The van der Waals surface area contributed by atoms with Crippen molar-refractivity contribution >= 4 is 5.97 Å². The van der Waals surface area contributed by atoms with E-state index in [0.717, 1.165) is 12.1 Å². The molecule has 100 valence electrons. The molecule has 0 spiro atoms. The van der Waals surface area contributed by atoms with Crippen molar-refractivity contribution in [3.63, 3.8) is 0 Å². The highest BCUT2D eigenvalue weighted by atomic mass is 19.4. The van der Waals surface area contributed by atoms with Gasteiger partial charge in [0.25, 0.3) is 0 Å². The van der Waals surface area contributed by atoms with Crippen LogP contribution in [0.1, 0.15) is 16.1 Å². The molecule has 19 heavy (non-hydrogen) atoms. The van der Waals surface area contributed by atoms with Crippen LogP contribution in [-0.2, 0) is 6.18 Å². The molecular formula is C12H6F4O3. The molecule has 0 fully saturated rings. The monoisotopic (exact) mass is 274 g/mol. The first-order chi connectivity index (χ1) is 8.77. The summed E-state index contributed by atoms with van der Waals surface area (Å²) < 4.78 is 55.5. The Kier molecular flexibility index (Phi) is 3.05. The van der Waals surface area contributed by atoms with E-state index in [1.807, 2.05) is 0 Å². The van der Waals surface area contributed by atoms with E-state index in [-0.39, 0.29) is 11.3 Å². The average molecular weight is 274 g/mol. The SMILES string of the molecule is O=C(O)c1ccc(-c2cc(F)cc(C(F)(F)F)c2)o1. The number of rotatable bonds is 2. The van der Waals surface area contributed by atoms with Crippen molar-refractivity contribution in [3.05, 3.63) is 47.5 Å². The highest BCUT2D eigenvalue weighted by Crippen LogP contribution is 2.33. The lowest BCUT2D eigenvalue weighted by molar-refractivity contribution is -0.137. The Morgan fingerprint density at radius 3 is 2.37 bits per heavy atom. The Morgan fingerprint density at radius 1 is 1.16 bits per heavy atom. The number of furan rings is 1. The molecule has 1 N–H and O–H groups in total. The van der Waals surface area contributed by atoms with Gasteiger partial charge in [0, 0.05) is 5.56 Å². The van der Waals surface area contributed by atoms with Crippen molar-refractivity contribution in [2.24, 2.45) is 0 Å². The second kappa shape index (κ2) is 4.42. The maximum absolute atomic E-state index is 13.2. The van der Waals surface area contributed by atoms with Crippen LogP contribution in [0, 0.1) is 5.82 Å². The van der Waals surface area contributed by atoms with E-state index in [1.165, 1.54) is 6.07 Å². The minimum absolute atomic E-state index is 0.151. The Morgan fingerprint density at radius 2 is 1.84 bits per heavy atom.